The molecule has 0 radical (unpaired) electrons. The van der Waals surface area contributed by atoms with Gasteiger partial charge in [-0.1, -0.05) is 11.6 Å². The summed E-state index contributed by atoms with van der Waals surface area (Å²) in [7, 11) is 1.41. The van der Waals surface area contributed by atoms with Crippen molar-refractivity contribution in [3.05, 3.63) is 34.9 Å². The number of aromatic hydroxyl groups is 1. The van der Waals surface area contributed by atoms with E-state index in [9.17, 15) is 9.90 Å². The monoisotopic (exact) mass is 444 g/mol. The van der Waals surface area contributed by atoms with Crippen LogP contribution < -0.4 is 5.32 Å². The van der Waals surface area contributed by atoms with E-state index in [1.165, 1.54) is 13.2 Å². The number of halogens is 1. The average molecular weight is 445 g/mol. The van der Waals surface area contributed by atoms with Crippen molar-refractivity contribution in [2.24, 2.45) is 0 Å². The van der Waals surface area contributed by atoms with Crippen molar-refractivity contribution >= 4 is 34.8 Å². The number of ether oxygens (including phenoxy) is 1. The van der Waals surface area contributed by atoms with Crippen LogP contribution in [0.4, 0.5) is 6.01 Å². The van der Waals surface area contributed by atoms with E-state index in [0.717, 1.165) is 31.5 Å². The Labute approximate surface area is 185 Å². The van der Waals surface area contributed by atoms with E-state index < -0.39 is 0 Å². The van der Waals surface area contributed by atoms with Gasteiger partial charge in [0.2, 0.25) is 5.65 Å². The minimum Gasteiger partial charge on any atom is -0.507 e. The van der Waals surface area contributed by atoms with Crippen molar-refractivity contribution < 1.29 is 19.1 Å². The van der Waals surface area contributed by atoms with E-state index in [-0.39, 0.29) is 17.8 Å². The summed E-state index contributed by atoms with van der Waals surface area (Å²) in [6, 6.07) is 7.46. The Balaban J connectivity index is 1.48. The van der Waals surface area contributed by atoms with Crippen LogP contribution in [0.15, 0.2) is 28.7 Å². The molecule has 164 valence electrons. The zero-order valence-electron chi connectivity index (χ0n) is 17.5. The zero-order valence-corrected chi connectivity index (χ0v) is 18.3. The molecule has 1 saturated heterocycles. The maximum Gasteiger partial charge on any atom is 0.306 e. The molecule has 9 heteroatoms. The second-order valence-electron chi connectivity index (χ2n) is 7.76. The van der Waals surface area contributed by atoms with Gasteiger partial charge in [0.1, 0.15) is 5.75 Å². The molecule has 0 saturated carbocycles. The van der Waals surface area contributed by atoms with E-state index in [2.05, 4.69) is 20.2 Å². The quantitative estimate of drug-likeness (QED) is 0.550. The Kier molecular flexibility index (Phi) is 6.29. The molecule has 1 fully saturated rings. The van der Waals surface area contributed by atoms with Gasteiger partial charge >= 0.3 is 5.97 Å². The highest BCUT2D eigenvalue weighted by Gasteiger charge is 2.22. The number of phenolic OH excluding ortho intramolecular Hbond substituents is 1. The molecule has 1 aromatic carbocycles. The Morgan fingerprint density at radius 2 is 2.23 bits per heavy atom. The molecular weight excluding hydrogens is 420 g/mol. The fourth-order valence-electron chi connectivity index (χ4n) is 3.98. The lowest BCUT2D eigenvalue weighted by Gasteiger charge is -2.32. The number of anilines is 1. The van der Waals surface area contributed by atoms with Crippen molar-refractivity contribution in [2.45, 2.75) is 32.2 Å². The largest absolute Gasteiger partial charge is 0.507 e. The molecule has 0 amide bonds. The summed E-state index contributed by atoms with van der Waals surface area (Å²) in [6.07, 6.45) is 2.40. The van der Waals surface area contributed by atoms with Crippen LogP contribution >= 0.6 is 11.6 Å². The Hall–Kier alpha value is -2.84. The number of nitrogens with zero attached hydrogens (tertiary/aromatic N) is 3. The molecule has 8 nitrogen and oxygen atoms in total. The maximum absolute atomic E-state index is 11.4. The number of esters is 1. The molecule has 1 atom stereocenters. The minimum atomic E-state index is -0.196. The van der Waals surface area contributed by atoms with Gasteiger partial charge in [0.25, 0.3) is 6.01 Å². The highest BCUT2D eigenvalue weighted by molar-refractivity contribution is 6.31. The number of phenols is 1. The number of oxazole rings is 1. The molecule has 3 heterocycles. The van der Waals surface area contributed by atoms with Gasteiger partial charge < -0.3 is 24.5 Å². The highest BCUT2D eigenvalue weighted by atomic mass is 35.5. The summed E-state index contributed by atoms with van der Waals surface area (Å²) in [5, 5.41) is 14.1. The number of nitrogens with one attached hydrogen (secondary N) is 1. The summed E-state index contributed by atoms with van der Waals surface area (Å²) in [5.41, 5.74) is 3.08. The topological polar surface area (TPSA) is 101 Å². The zero-order chi connectivity index (χ0) is 22.0. The number of hydrogen-bond donors (Lipinski definition) is 2. The van der Waals surface area contributed by atoms with Crippen LogP contribution in [0.25, 0.3) is 22.5 Å². The molecular formula is C22H25ClN4O4. The number of aromatic nitrogens is 2. The Morgan fingerprint density at radius 1 is 1.39 bits per heavy atom. The molecule has 2 aromatic heterocycles. The second-order valence-corrected chi connectivity index (χ2v) is 8.20. The van der Waals surface area contributed by atoms with Gasteiger partial charge in [-0.3, -0.25) is 4.79 Å². The van der Waals surface area contributed by atoms with Crippen LogP contribution in [0.2, 0.25) is 5.02 Å². The maximum atomic E-state index is 11.4. The first-order valence-corrected chi connectivity index (χ1v) is 10.6. The smallest absolute Gasteiger partial charge is 0.306 e. The third-order valence-corrected chi connectivity index (χ3v) is 5.70. The van der Waals surface area contributed by atoms with E-state index >= 15 is 0 Å². The average Bonchev–Trinajstić information content (AvgIpc) is 3.13. The Morgan fingerprint density at radius 3 is 3.00 bits per heavy atom. The lowest BCUT2D eigenvalue weighted by Crippen LogP contribution is -2.42. The van der Waals surface area contributed by atoms with Crippen LogP contribution in [-0.4, -0.2) is 58.7 Å². The standard InChI is InChI=1S/C22H25ClN4O4/c1-13-10-14(23)11-17(28)20(13)16-5-6-18-21(25-16)26-22(31-18)24-15-4-3-8-27(12-15)9-7-19(29)30-2/h5-6,10-11,15,28H,3-4,7-9,12H2,1-2H3,(H,24,25,26)/t15-/m0/s1. The molecule has 0 bridgehead atoms. The lowest BCUT2D eigenvalue weighted by molar-refractivity contribution is -0.141. The fourth-order valence-corrected chi connectivity index (χ4v) is 4.25. The van der Waals surface area contributed by atoms with E-state index in [0.29, 0.717) is 46.5 Å². The van der Waals surface area contributed by atoms with Crippen molar-refractivity contribution in [2.75, 3.05) is 32.1 Å². The summed E-state index contributed by atoms with van der Waals surface area (Å²) in [6.45, 7) is 4.30. The Bertz CT molecular complexity index is 1080. The fraction of sp³-hybridized carbons (Fsp3) is 0.409. The third-order valence-electron chi connectivity index (χ3n) is 5.48. The van der Waals surface area contributed by atoms with Gasteiger partial charge in [-0.25, -0.2) is 4.98 Å². The second kappa shape index (κ2) is 9.11. The predicted molar refractivity (Wildman–Crippen MR) is 118 cm³/mol. The number of carbonyl (C=O) groups is 1. The van der Waals surface area contributed by atoms with Crippen LogP contribution in [0.3, 0.4) is 0 Å². The van der Waals surface area contributed by atoms with Gasteiger partial charge in [-0.15, -0.1) is 0 Å². The summed E-state index contributed by atoms with van der Waals surface area (Å²) >= 11 is 6.01. The third kappa shape index (κ3) is 4.91. The van der Waals surface area contributed by atoms with Crippen LogP contribution in [0, 0.1) is 6.92 Å². The number of benzene rings is 1. The normalized spacial score (nSPS) is 17.1. The van der Waals surface area contributed by atoms with Crippen LogP contribution in [0.1, 0.15) is 24.8 Å². The number of fused-ring (bicyclic) bond motifs is 1. The molecule has 2 N–H and O–H groups in total. The molecule has 4 rings (SSSR count). The highest BCUT2D eigenvalue weighted by Crippen LogP contribution is 2.35. The molecule has 1 aliphatic rings. The SMILES string of the molecule is COC(=O)CCN1CCC[C@H](Nc2nc3nc(-c4c(C)cc(Cl)cc4O)ccc3o2)C1. The van der Waals surface area contributed by atoms with Crippen molar-refractivity contribution in [1.29, 1.82) is 0 Å². The first-order valence-electron chi connectivity index (χ1n) is 10.3. The number of piperidine rings is 1. The number of rotatable bonds is 6. The van der Waals surface area contributed by atoms with Gasteiger partial charge in [0, 0.05) is 29.7 Å². The number of pyridine rings is 1. The van der Waals surface area contributed by atoms with Crippen LogP contribution in [0.5, 0.6) is 5.75 Å². The van der Waals surface area contributed by atoms with Gasteiger partial charge in [0.05, 0.1) is 19.2 Å². The number of aryl methyl sites for hydroxylation is 1. The number of methoxy groups -OCH3 is 1. The van der Waals surface area contributed by atoms with Gasteiger partial charge in [-0.05, 0) is 56.1 Å². The molecule has 0 unspecified atom stereocenters. The minimum absolute atomic E-state index is 0.0768. The summed E-state index contributed by atoms with van der Waals surface area (Å²) in [4.78, 5) is 22.7. The van der Waals surface area contributed by atoms with Gasteiger partial charge in [0.15, 0.2) is 5.58 Å². The first-order chi connectivity index (χ1) is 14.9. The van der Waals surface area contributed by atoms with E-state index in [4.69, 9.17) is 20.8 Å². The molecule has 3 aromatic rings. The number of likely N-dealkylation sites (tertiary alicyclic amines) is 1. The van der Waals surface area contributed by atoms with E-state index in [1.54, 1.807) is 18.2 Å². The van der Waals surface area contributed by atoms with Crippen molar-refractivity contribution in [1.82, 2.24) is 14.9 Å². The lowest BCUT2D eigenvalue weighted by atomic mass is 10.0. The predicted octanol–water partition coefficient (Wildman–Crippen LogP) is 4.00. The van der Waals surface area contributed by atoms with Gasteiger partial charge in [-0.2, -0.15) is 4.98 Å². The molecule has 0 spiro atoms. The number of hydrogen-bond acceptors (Lipinski definition) is 8. The summed E-state index contributed by atoms with van der Waals surface area (Å²) in [5.74, 6) is -0.120. The van der Waals surface area contributed by atoms with Crippen molar-refractivity contribution in [3.63, 3.8) is 0 Å². The van der Waals surface area contributed by atoms with E-state index in [1.807, 2.05) is 6.92 Å². The molecule has 0 aliphatic carbocycles. The molecule has 31 heavy (non-hydrogen) atoms. The number of carbonyl (C=O) groups excluding carboxylic acids is 1. The molecule has 1 aliphatic heterocycles. The van der Waals surface area contributed by atoms with Crippen LogP contribution in [-0.2, 0) is 9.53 Å². The van der Waals surface area contributed by atoms with Crippen molar-refractivity contribution in [3.8, 4) is 17.0 Å². The first kappa shape index (κ1) is 21.4. The summed E-state index contributed by atoms with van der Waals surface area (Å²) < 4.78 is 10.6.